The number of benzene rings is 1. The number of hydrogen-bond acceptors (Lipinski definition) is 5. The highest BCUT2D eigenvalue weighted by Gasteiger charge is 2.24. The number of aryl methyl sites for hydroxylation is 1. The van der Waals surface area contributed by atoms with E-state index < -0.39 is 0 Å². The van der Waals surface area contributed by atoms with Crippen LogP contribution in [0, 0.1) is 6.92 Å². The maximum absolute atomic E-state index is 5.39. The molecule has 1 atom stereocenters. The minimum absolute atomic E-state index is 0.368. The maximum Gasteiger partial charge on any atom is 0.238 e. The van der Waals surface area contributed by atoms with Gasteiger partial charge in [0.15, 0.2) is 5.76 Å². The lowest BCUT2D eigenvalue weighted by molar-refractivity contribution is 0.371. The van der Waals surface area contributed by atoms with Gasteiger partial charge in [0.1, 0.15) is 0 Å². The van der Waals surface area contributed by atoms with E-state index in [1.165, 1.54) is 11.3 Å². The summed E-state index contributed by atoms with van der Waals surface area (Å²) in [6, 6.07) is 10.2. The van der Waals surface area contributed by atoms with Crippen LogP contribution in [0.5, 0.6) is 0 Å². The number of fused-ring (bicyclic) bond motifs is 1. The van der Waals surface area contributed by atoms with Gasteiger partial charge in [-0.05, 0) is 30.2 Å². The zero-order valence-electron chi connectivity index (χ0n) is 11.7. The third-order valence-corrected chi connectivity index (χ3v) is 3.89. The second kappa shape index (κ2) is 4.77. The third-order valence-electron chi connectivity index (χ3n) is 3.89. The fourth-order valence-electron chi connectivity index (χ4n) is 2.78. The van der Waals surface area contributed by atoms with Crippen LogP contribution in [0.25, 0.3) is 11.6 Å². The number of hydrogen-bond donors (Lipinski definition) is 1. The number of aromatic nitrogens is 2. The number of para-hydroxylation sites is 1. The SMILES string of the molecule is Cc1ccoc1-c1noc(CC2CNc3ccccc32)n1. The van der Waals surface area contributed by atoms with Crippen molar-refractivity contribution in [3.8, 4) is 11.6 Å². The molecule has 0 amide bonds. The van der Waals surface area contributed by atoms with Crippen molar-refractivity contribution < 1.29 is 8.94 Å². The van der Waals surface area contributed by atoms with E-state index in [9.17, 15) is 0 Å². The Kier molecular flexibility index (Phi) is 2.77. The zero-order valence-corrected chi connectivity index (χ0v) is 11.7. The lowest BCUT2D eigenvalue weighted by atomic mass is 9.98. The van der Waals surface area contributed by atoms with Crippen LogP contribution in [0.3, 0.4) is 0 Å². The Morgan fingerprint density at radius 2 is 2.19 bits per heavy atom. The molecule has 0 radical (unpaired) electrons. The molecule has 0 fully saturated rings. The van der Waals surface area contributed by atoms with Crippen molar-refractivity contribution in [1.29, 1.82) is 0 Å². The standard InChI is InChI=1S/C16H15N3O2/c1-10-6-7-20-15(10)16-18-14(21-19-16)8-11-9-17-13-5-3-2-4-12(11)13/h2-7,11,17H,8-9H2,1H3. The average Bonchev–Trinajstić information content (AvgIpc) is 3.20. The minimum Gasteiger partial charge on any atom is -0.461 e. The number of nitrogens with one attached hydrogen (secondary N) is 1. The summed E-state index contributed by atoms with van der Waals surface area (Å²) in [7, 11) is 0. The van der Waals surface area contributed by atoms with Gasteiger partial charge >= 0.3 is 0 Å². The summed E-state index contributed by atoms with van der Waals surface area (Å²) in [4.78, 5) is 4.45. The largest absolute Gasteiger partial charge is 0.461 e. The molecular weight excluding hydrogens is 266 g/mol. The second-order valence-electron chi connectivity index (χ2n) is 5.31. The fourth-order valence-corrected chi connectivity index (χ4v) is 2.78. The Morgan fingerprint density at radius 1 is 1.29 bits per heavy atom. The summed E-state index contributed by atoms with van der Waals surface area (Å²) in [5.41, 5.74) is 3.52. The normalized spacial score (nSPS) is 16.7. The molecule has 106 valence electrons. The van der Waals surface area contributed by atoms with Crippen LogP contribution in [0.2, 0.25) is 0 Å². The van der Waals surface area contributed by atoms with Gasteiger partial charge in [-0.1, -0.05) is 23.4 Å². The van der Waals surface area contributed by atoms with E-state index in [-0.39, 0.29) is 0 Å². The van der Waals surface area contributed by atoms with E-state index in [4.69, 9.17) is 8.94 Å². The molecule has 2 aromatic heterocycles. The van der Waals surface area contributed by atoms with Gasteiger partial charge in [-0.2, -0.15) is 4.98 Å². The quantitative estimate of drug-likeness (QED) is 0.797. The Balaban J connectivity index is 1.57. The molecular formula is C16H15N3O2. The smallest absolute Gasteiger partial charge is 0.238 e. The third kappa shape index (κ3) is 2.11. The van der Waals surface area contributed by atoms with E-state index >= 15 is 0 Å². The van der Waals surface area contributed by atoms with Crippen molar-refractivity contribution in [2.75, 3.05) is 11.9 Å². The summed E-state index contributed by atoms with van der Waals surface area (Å²) in [5.74, 6) is 2.21. The monoisotopic (exact) mass is 281 g/mol. The van der Waals surface area contributed by atoms with Crippen molar-refractivity contribution >= 4 is 5.69 Å². The number of rotatable bonds is 3. The van der Waals surface area contributed by atoms with Gasteiger partial charge in [0.05, 0.1) is 6.26 Å². The zero-order chi connectivity index (χ0) is 14.2. The molecule has 1 aliphatic rings. The number of furan rings is 1. The molecule has 1 unspecified atom stereocenters. The lowest BCUT2D eigenvalue weighted by Gasteiger charge is -2.05. The molecule has 4 rings (SSSR count). The molecule has 0 bridgehead atoms. The highest BCUT2D eigenvalue weighted by molar-refractivity contribution is 5.57. The Morgan fingerprint density at radius 3 is 3.05 bits per heavy atom. The number of nitrogens with zero attached hydrogens (tertiary/aromatic N) is 2. The van der Waals surface area contributed by atoms with Crippen LogP contribution < -0.4 is 5.32 Å². The van der Waals surface area contributed by atoms with Crippen LogP contribution in [0.4, 0.5) is 5.69 Å². The topological polar surface area (TPSA) is 64.1 Å². The lowest BCUT2D eigenvalue weighted by Crippen LogP contribution is -2.05. The van der Waals surface area contributed by atoms with E-state index in [0.717, 1.165) is 18.5 Å². The van der Waals surface area contributed by atoms with E-state index in [0.29, 0.717) is 23.4 Å². The summed E-state index contributed by atoms with van der Waals surface area (Å²) in [6.45, 7) is 2.86. The first-order chi connectivity index (χ1) is 10.3. The Hall–Kier alpha value is -2.56. The van der Waals surface area contributed by atoms with Gasteiger partial charge in [0, 0.05) is 24.6 Å². The molecule has 1 N–H and O–H groups in total. The van der Waals surface area contributed by atoms with E-state index in [1.54, 1.807) is 6.26 Å². The highest BCUT2D eigenvalue weighted by Crippen LogP contribution is 2.33. The molecule has 5 heteroatoms. The first-order valence-electron chi connectivity index (χ1n) is 7.01. The van der Waals surface area contributed by atoms with E-state index in [2.05, 4.69) is 33.7 Å². The number of anilines is 1. The molecule has 21 heavy (non-hydrogen) atoms. The maximum atomic E-state index is 5.39. The van der Waals surface area contributed by atoms with Crippen LogP contribution >= 0.6 is 0 Å². The molecule has 0 saturated carbocycles. The van der Waals surface area contributed by atoms with Crippen LogP contribution in [-0.2, 0) is 6.42 Å². The van der Waals surface area contributed by atoms with Gasteiger partial charge in [0.2, 0.25) is 11.7 Å². The van der Waals surface area contributed by atoms with Crippen molar-refractivity contribution in [2.45, 2.75) is 19.3 Å². The van der Waals surface area contributed by atoms with Crippen molar-refractivity contribution in [1.82, 2.24) is 10.1 Å². The average molecular weight is 281 g/mol. The summed E-state index contributed by atoms with van der Waals surface area (Å²) in [6.07, 6.45) is 2.37. The van der Waals surface area contributed by atoms with Gasteiger partial charge in [-0.25, -0.2) is 0 Å². The van der Waals surface area contributed by atoms with Crippen molar-refractivity contribution in [3.05, 3.63) is 53.6 Å². The second-order valence-corrected chi connectivity index (χ2v) is 5.31. The van der Waals surface area contributed by atoms with Gasteiger partial charge in [-0.15, -0.1) is 0 Å². The van der Waals surface area contributed by atoms with Gasteiger partial charge < -0.3 is 14.3 Å². The van der Waals surface area contributed by atoms with Gasteiger partial charge in [0.25, 0.3) is 0 Å². The molecule has 0 saturated heterocycles. The van der Waals surface area contributed by atoms with Crippen LogP contribution in [0.1, 0.15) is 22.9 Å². The van der Waals surface area contributed by atoms with Crippen LogP contribution in [-0.4, -0.2) is 16.7 Å². The molecule has 1 aliphatic heterocycles. The van der Waals surface area contributed by atoms with Gasteiger partial charge in [-0.3, -0.25) is 0 Å². The van der Waals surface area contributed by atoms with E-state index in [1.807, 2.05) is 19.1 Å². The predicted molar refractivity (Wildman–Crippen MR) is 78.1 cm³/mol. The van der Waals surface area contributed by atoms with Crippen molar-refractivity contribution in [3.63, 3.8) is 0 Å². The fraction of sp³-hybridized carbons (Fsp3) is 0.250. The molecule has 5 nitrogen and oxygen atoms in total. The molecule has 0 aliphatic carbocycles. The summed E-state index contributed by atoms with van der Waals surface area (Å²) in [5, 5.41) is 7.42. The Bertz CT molecular complexity index is 775. The van der Waals surface area contributed by atoms with Crippen molar-refractivity contribution in [2.24, 2.45) is 0 Å². The molecule has 3 heterocycles. The summed E-state index contributed by atoms with van der Waals surface area (Å²) >= 11 is 0. The molecule has 3 aromatic rings. The first kappa shape index (κ1) is 12.2. The first-order valence-corrected chi connectivity index (χ1v) is 7.01. The Labute approximate surface area is 122 Å². The summed E-state index contributed by atoms with van der Waals surface area (Å²) < 4.78 is 10.8. The molecule has 0 spiro atoms. The minimum atomic E-state index is 0.368. The highest BCUT2D eigenvalue weighted by atomic mass is 16.5. The molecule has 1 aromatic carbocycles. The van der Waals surface area contributed by atoms with Crippen LogP contribution in [0.15, 0.2) is 45.5 Å². The predicted octanol–water partition coefficient (Wildman–Crippen LogP) is 3.39.